The number of rotatable bonds is 4. The third kappa shape index (κ3) is 3.84. The van der Waals surface area contributed by atoms with Crippen molar-refractivity contribution >= 4 is 27.5 Å². The van der Waals surface area contributed by atoms with Crippen LogP contribution < -0.4 is 0 Å². The summed E-state index contributed by atoms with van der Waals surface area (Å²) < 4.78 is 6.61. The van der Waals surface area contributed by atoms with Crippen LogP contribution in [-0.4, -0.2) is 0 Å². The maximum Gasteiger partial charge on any atom is 0.0735 e. The molecule has 0 fully saturated rings. The topological polar surface area (TPSA) is 9.23 Å². The lowest BCUT2D eigenvalue weighted by Crippen LogP contribution is -1.94. The molecule has 17 heavy (non-hydrogen) atoms. The molecule has 0 aliphatic heterocycles. The molecular formula is C14H12BrClO. The number of hydrogen-bond donors (Lipinski definition) is 0. The van der Waals surface area contributed by atoms with Crippen molar-refractivity contribution < 1.29 is 4.74 Å². The quantitative estimate of drug-likeness (QED) is 0.786. The zero-order chi connectivity index (χ0) is 12.1. The van der Waals surface area contributed by atoms with Gasteiger partial charge in [-0.25, -0.2) is 0 Å². The average Bonchev–Trinajstić information content (AvgIpc) is 2.33. The second kappa shape index (κ2) is 6.20. The van der Waals surface area contributed by atoms with Gasteiger partial charge in [-0.3, -0.25) is 0 Å². The maximum absolute atomic E-state index is 6.10. The van der Waals surface area contributed by atoms with Gasteiger partial charge in [0, 0.05) is 9.50 Å². The molecule has 0 unspecified atom stereocenters. The molecule has 0 amide bonds. The van der Waals surface area contributed by atoms with Gasteiger partial charge >= 0.3 is 0 Å². The first-order valence-electron chi connectivity index (χ1n) is 5.31. The molecule has 0 saturated heterocycles. The Morgan fingerprint density at radius 3 is 2.47 bits per heavy atom. The summed E-state index contributed by atoms with van der Waals surface area (Å²) in [6.07, 6.45) is 0. The van der Waals surface area contributed by atoms with E-state index in [1.54, 1.807) is 0 Å². The molecule has 2 rings (SSSR count). The van der Waals surface area contributed by atoms with Crippen LogP contribution in [0.4, 0.5) is 0 Å². The third-order valence-electron chi connectivity index (χ3n) is 2.38. The molecule has 0 heterocycles. The fourth-order valence-electron chi connectivity index (χ4n) is 1.49. The molecule has 0 aliphatic carbocycles. The maximum atomic E-state index is 6.10. The Labute approximate surface area is 115 Å². The summed E-state index contributed by atoms with van der Waals surface area (Å²) in [6.45, 7) is 1.13. The summed E-state index contributed by atoms with van der Waals surface area (Å²) in [5, 5.41) is 0.729. The van der Waals surface area contributed by atoms with E-state index in [4.69, 9.17) is 16.3 Å². The highest BCUT2D eigenvalue weighted by Crippen LogP contribution is 2.22. The predicted molar refractivity (Wildman–Crippen MR) is 74.1 cm³/mol. The Bertz CT molecular complexity index is 485. The van der Waals surface area contributed by atoms with E-state index in [0.29, 0.717) is 13.2 Å². The van der Waals surface area contributed by atoms with Gasteiger partial charge in [-0.05, 0) is 23.3 Å². The summed E-state index contributed by atoms with van der Waals surface area (Å²) in [7, 11) is 0. The van der Waals surface area contributed by atoms with Crippen LogP contribution in [-0.2, 0) is 18.0 Å². The number of hydrogen-bond acceptors (Lipinski definition) is 1. The second-order valence-electron chi connectivity index (χ2n) is 3.71. The van der Waals surface area contributed by atoms with Gasteiger partial charge in [0.1, 0.15) is 0 Å². The lowest BCUT2D eigenvalue weighted by molar-refractivity contribution is 0.107. The number of benzene rings is 2. The van der Waals surface area contributed by atoms with Gasteiger partial charge in [-0.2, -0.15) is 0 Å². The minimum Gasteiger partial charge on any atom is -0.372 e. The summed E-state index contributed by atoms with van der Waals surface area (Å²) in [5.41, 5.74) is 2.17. The molecule has 3 heteroatoms. The van der Waals surface area contributed by atoms with E-state index in [9.17, 15) is 0 Å². The van der Waals surface area contributed by atoms with Gasteiger partial charge in [0.2, 0.25) is 0 Å². The van der Waals surface area contributed by atoms with Gasteiger partial charge in [-0.15, -0.1) is 0 Å². The molecule has 0 radical (unpaired) electrons. The van der Waals surface area contributed by atoms with Crippen molar-refractivity contribution in [3.63, 3.8) is 0 Å². The van der Waals surface area contributed by atoms with E-state index >= 15 is 0 Å². The lowest BCUT2D eigenvalue weighted by Gasteiger charge is -2.06. The van der Waals surface area contributed by atoms with Crippen molar-refractivity contribution in [1.82, 2.24) is 0 Å². The second-order valence-corrected chi connectivity index (χ2v) is 5.04. The zero-order valence-electron chi connectivity index (χ0n) is 9.20. The number of halogens is 2. The van der Waals surface area contributed by atoms with Gasteiger partial charge < -0.3 is 4.74 Å². The van der Waals surface area contributed by atoms with Crippen molar-refractivity contribution in [3.05, 3.63) is 69.2 Å². The number of ether oxygens (including phenoxy) is 1. The van der Waals surface area contributed by atoms with Crippen LogP contribution >= 0.6 is 27.5 Å². The fraction of sp³-hybridized carbons (Fsp3) is 0.143. The third-order valence-corrected chi connectivity index (χ3v) is 3.23. The molecular weight excluding hydrogens is 300 g/mol. The van der Waals surface area contributed by atoms with Crippen molar-refractivity contribution in [3.8, 4) is 0 Å². The molecule has 0 bridgehead atoms. The molecule has 0 atom stereocenters. The first-order valence-corrected chi connectivity index (χ1v) is 6.48. The van der Waals surface area contributed by atoms with Crippen LogP contribution in [0, 0.1) is 0 Å². The highest BCUT2D eigenvalue weighted by molar-refractivity contribution is 9.10. The summed E-state index contributed by atoms with van der Waals surface area (Å²) in [6, 6.07) is 15.9. The smallest absolute Gasteiger partial charge is 0.0735 e. The van der Waals surface area contributed by atoms with Crippen LogP contribution in [0.25, 0.3) is 0 Å². The van der Waals surface area contributed by atoms with E-state index < -0.39 is 0 Å². The Morgan fingerprint density at radius 2 is 1.76 bits per heavy atom. The van der Waals surface area contributed by atoms with Crippen molar-refractivity contribution in [2.24, 2.45) is 0 Å². The summed E-state index contributed by atoms with van der Waals surface area (Å²) >= 11 is 9.48. The SMILES string of the molecule is Clc1cc(Br)ccc1COCc1ccccc1. The molecule has 1 nitrogen and oxygen atoms in total. The molecule has 2 aromatic rings. The fourth-order valence-corrected chi connectivity index (χ4v) is 2.22. The van der Waals surface area contributed by atoms with Crippen molar-refractivity contribution in [2.75, 3.05) is 0 Å². The molecule has 0 aromatic heterocycles. The highest BCUT2D eigenvalue weighted by atomic mass is 79.9. The van der Waals surface area contributed by atoms with Crippen LogP contribution in [0.3, 0.4) is 0 Å². The van der Waals surface area contributed by atoms with E-state index in [-0.39, 0.29) is 0 Å². The Morgan fingerprint density at radius 1 is 1.00 bits per heavy atom. The highest BCUT2D eigenvalue weighted by Gasteiger charge is 2.01. The average molecular weight is 312 g/mol. The Balaban J connectivity index is 1.90. The van der Waals surface area contributed by atoms with Gasteiger partial charge in [0.15, 0.2) is 0 Å². The molecule has 0 N–H and O–H groups in total. The first kappa shape index (κ1) is 12.6. The van der Waals surface area contributed by atoms with Gasteiger partial charge in [0.05, 0.1) is 13.2 Å². The predicted octanol–water partition coefficient (Wildman–Crippen LogP) is 4.82. The molecule has 2 aromatic carbocycles. The van der Waals surface area contributed by atoms with E-state index in [2.05, 4.69) is 15.9 Å². The van der Waals surface area contributed by atoms with Crippen LogP contribution in [0.2, 0.25) is 5.02 Å². The monoisotopic (exact) mass is 310 g/mol. The normalized spacial score (nSPS) is 10.5. The molecule has 0 spiro atoms. The minimum atomic E-state index is 0.529. The van der Waals surface area contributed by atoms with Crippen LogP contribution in [0.1, 0.15) is 11.1 Å². The Kier molecular flexibility index (Phi) is 4.60. The molecule has 0 aliphatic rings. The van der Waals surface area contributed by atoms with Crippen molar-refractivity contribution in [1.29, 1.82) is 0 Å². The zero-order valence-corrected chi connectivity index (χ0v) is 11.5. The largest absolute Gasteiger partial charge is 0.372 e. The van der Waals surface area contributed by atoms with Gasteiger partial charge in [-0.1, -0.05) is 63.9 Å². The minimum absolute atomic E-state index is 0.529. The van der Waals surface area contributed by atoms with Crippen molar-refractivity contribution in [2.45, 2.75) is 13.2 Å². The Hall–Kier alpha value is -0.830. The van der Waals surface area contributed by atoms with E-state index in [1.807, 2.05) is 48.5 Å². The molecule has 0 saturated carbocycles. The van der Waals surface area contributed by atoms with E-state index in [0.717, 1.165) is 15.1 Å². The summed E-state index contributed by atoms with van der Waals surface area (Å²) in [4.78, 5) is 0. The first-order chi connectivity index (χ1) is 8.25. The van der Waals surface area contributed by atoms with Gasteiger partial charge in [0.25, 0.3) is 0 Å². The molecule has 88 valence electrons. The van der Waals surface area contributed by atoms with Crippen LogP contribution in [0.5, 0.6) is 0 Å². The lowest BCUT2D eigenvalue weighted by atomic mass is 10.2. The van der Waals surface area contributed by atoms with E-state index in [1.165, 1.54) is 5.56 Å². The standard InChI is InChI=1S/C14H12BrClO/c15-13-7-6-12(14(16)8-13)10-17-9-11-4-2-1-3-5-11/h1-8H,9-10H2. The summed E-state index contributed by atoms with van der Waals surface area (Å²) in [5.74, 6) is 0. The van der Waals surface area contributed by atoms with Crippen LogP contribution in [0.15, 0.2) is 53.0 Å².